The van der Waals surface area contributed by atoms with Crippen LogP contribution in [0.2, 0.25) is 0 Å². The third-order valence-corrected chi connectivity index (χ3v) is 2.80. The highest BCUT2D eigenvalue weighted by Crippen LogP contribution is 2.20. The molecule has 1 aliphatic rings. The Morgan fingerprint density at radius 1 is 1.40 bits per heavy atom. The molecule has 1 saturated heterocycles. The fraction of sp³-hybridized carbons (Fsp3) is 0.636. The molecule has 1 aromatic rings. The molecule has 0 amide bonds. The maximum atomic E-state index is 9.07. The van der Waals surface area contributed by atoms with Gasteiger partial charge >= 0.3 is 0 Å². The minimum absolute atomic E-state index is 0.265. The molecule has 1 fully saturated rings. The fourth-order valence-corrected chi connectivity index (χ4v) is 2.01. The lowest BCUT2D eigenvalue weighted by atomic mass is 10.1. The van der Waals surface area contributed by atoms with E-state index in [4.69, 9.17) is 5.11 Å². The highest BCUT2D eigenvalue weighted by molar-refractivity contribution is 5.33. The summed E-state index contributed by atoms with van der Waals surface area (Å²) in [5.74, 6) is 1.19. The second-order valence-electron chi connectivity index (χ2n) is 4.23. The lowest BCUT2D eigenvalue weighted by Crippen LogP contribution is -2.23. The van der Waals surface area contributed by atoms with Crippen molar-refractivity contribution >= 4 is 5.95 Å². The fourth-order valence-electron chi connectivity index (χ4n) is 2.01. The van der Waals surface area contributed by atoms with Gasteiger partial charge in [-0.1, -0.05) is 0 Å². The second kappa shape index (κ2) is 4.14. The number of aliphatic hydroxyl groups excluding tert-OH is 1. The summed E-state index contributed by atoms with van der Waals surface area (Å²) in [6.07, 6.45) is 1.03. The first-order valence-electron chi connectivity index (χ1n) is 5.37. The molecule has 0 spiro atoms. The van der Waals surface area contributed by atoms with E-state index in [0.29, 0.717) is 5.92 Å². The van der Waals surface area contributed by atoms with Crippen LogP contribution >= 0.6 is 0 Å². The van der Waals surface area contributed by atoms with Crippen LogP contribution in [0.4, 0.5) is 5.95 Å². The monoisotopic (exact) mass is 207 g/mol. The largest absolute Gasteiger partial charge is 0.396 e. The molecule has 2 rings (SSSR count). The quantitative estimate of drug-likeness (QED) is 0.783. The predicted octanol–water partition coefficient (Wildman–Crippen LogP) is 0.912. The number of anilines is 1. The molecule has 1 aliphatic heterocycles. The molecule has 0 saturated carbocycles. The van der Waals surface area contributed by atoms with E-state index < -0.39 is 0 Å². The number of rotatable bonds is 2. The molecule has 1 aromatic heterocycles. The number of hydrogen-bond donors (Lipinski definition) is 1. The zero-order valence-corrected chi connectivity index (χ0v) is 9.27. The molecule has 1 atom stereocenters. The Morgan fingerprint density at radius 2 is 2.07 bits per heavy atom. The Labute approximate surface area is 90.0 Å². The molecule has 15 heavy (non-hydrogen) atoms. The van der Waals surface area contributed by atoms with Crippen molar-refractivity contribution in [2.75, 3.05) is 24.6 Å². The number of hydrogen-bond acceptors (Lipinski definition) is 4. The van der Waals surface area contributed by atoms with Crippen LogP contribution < -0.4 is 4.90 Å². The van der Waals surface area contributed by atoms with E-state index in [-0.39, 0.29) is 6.61 Å². The average Bonchev–Trinajstić information content (AvgIpc) is 2.64. The highest BCUT2D eigenvalue weighted by atomic mass is 16.3. The van der Waals surface area contributed by atoms with Gasteiger partial charge in [-0.15, -0.1) is 0 Å². The Kier molecular flexibility index (Phi) is 2.86. The zero-order valence-electron chi connectivity index (χ0n) is 9.27. The summed E-state index contributed by atoms with van der Waals surface area (Å²) >= 11 is 0. The molecule has 2 heterocycles. The average molecular weight is 207 g/mol. The van der Waals surface area contributed by atoms with Crippen LogP contribution in [0.5, 0.6) is 0 Å². The molecule has 0 radical (unpaired) electrons. The maximum absolute atomic E-state index is 9.07. The Hall–Kier alpha value is -1.16. The van der Waals surface area contributed by atoms with Gasteiger partial charge in [-0.2, -0.15) is 0 Å². The van der Waals surface area contributed by atoms with Gasteiger partial charge < -0.3 is 10.0 Å². The molecule has 0 unspecified atom stereocenters. The predicted molar refractivity (Wildman–Crippen MR) is 58.9 cm³/mol. The van der Waals surface area contributed by atoms with Crippen molar-refractivity contribution in [3.8, 4) is 0 Å². The van der Waals surface area contributed by atoms with E-state index in [1.54, 1.807) is 0 Å². The van der Waals surface area contributed by atoms with Crippen molar-refractivity contribution in [1.29, 1.82) is 0 Å². The number of aliphatic hydroxyl groups is 1. The van der Waals surface area contributed by atoms with Gasteiger partial charge in [0.1, 0.15) is 0 Å². The van der Waals surface area contributed by atoms with Gasteiger partial charge in [0.2, 0.25) is 5.95 Å². The summed E-state index contributed by atoms with van der Waals surface area (Å²) in [4.78, 5) is 11.0. The maximum Gasteiger partial charge on any atom is 0.225 e. The van der Waals surface area contributed by atoms with Crippen LogP contribution in [0.1, 0.15) is 17.8 Å². The molecule has 1 N–H and O–H groups in total. The first kappa shape index (κ1) is 10.4. The molecule has 82 valence electrons. The van der Waals surface area contributed by atoms with E-state index in [2.05, 4.69) is 14.9 Å². The molecule has 0 bridgehead atoms. The SMILES string of the molecule is Cc1cc(C)nc(N2CC[C@H](CO)C2)n1. The van der Waals surface area contributed by atoms with Gasteiger partial charge in [-0.25, -0.2) is 9.97 Å². The minimum Gasteiger partial charge on any atom is -0.396 e. The summed E-state index contributed by atoms with van der Waals surface area (Å²) in [6.45, 7) is 6.06. The van der Waals surface area contributed by atoms with Crippen molar-refractivity contribution in [3.63, 3.8) is 0 Å². The van der Waals surface area contributed by atoms with Crippen molar-refractivity contribution in [3.05, 3.63) is 17.5 Å². The van der Waals surface area contributed by atoms with Gasteiger partial charge in [0.25, 0.3) is 0 Å². The molecule has 0 aliphatic carbocycles. The van der Waals surface area contributed by atoms with Gasteiger partial charge in [-0.05, 0) is 26.3 Å². The summed E-state index contributed by atoms with van der Waals surface area (Å²) in [5, 5.41) is 9.07. The van der Waals surface area contributed by atoms with E-state index in [9.17, 15) is 0 Å². The van der Waals surface area contributed by atoms with Crippen molar-refractivity contribution in [1.82, 2.24) is 9.97 Å². The van der Waals surface area contributed by atoms with Gasteiger partial charge in [0.05, 0.1) is 0 Å². The van der Waals surface area contributed by atoms with Gasteiger partial charge in [0.15, 0.2) is 0 Å². The second-order valence-corrected chi connectivity index (χ2v) is 4.23. The summed E-state index contributed by atoms with van der Waals surface area (Å²) < 4.78 is 0. The molecule has 4 heteroatoms. The van der Waals surface area contributed by atoms with Crippen LogP contribution in [-0.2, 0) is 0 Å². The lowest BCUT2D eigenvalue weighted by molar-refractivity contribution is 0.238. The third-order valence-electron chi connectivity index (χ3n) is 2.80. The first-order chi connectivity index (χ1) is 7.19. The van der Waals surface area contributed by atoms with Gasteiger partial charge in [-0.3, -0.25) is 0 Å². The Bertz CT molecular complexity index is 333. The normalized spacial score (nSPS) is 21.0. The van der Waals surface area contributed by atoms with E-state index >= 15 is 0 Å². The number of aromatic nitrogens is 2. The summed E-state index contributed by atoms with van der Waals surface area (Å²) in [7, 11) is 0. The lowest BCUT2D eigenvalue weighted by Gasteiger charge is -2.16. The first-order valence-corrected chi connectivity index (χ1v) is 5.37. The number of aryl methyl sites for hydroxylation is 2. The van der Waals surface area contributed by atoms with Crippen LogP contribution in [0.15, 0.2) is 6.07 Å². The van der Waals surface area contributed by atoms with Gasteiger partial charge in [0, 0.05) is 37.0 Å². The van der Waals surface area contributed by atoms with E-state index in [0.717, 1.165) is 36.8 Å². The minimum atomic E-state index is 0.265. The molecular weight excluding hydrogens is 190 g/mol. The summed E-state index contributed by atoms with van der Waals surface area (Å²) in [5.41, 5.74) is 2.01. The van der Waals surface area contributed by atoms with Crippen LogP contribution in [0.25, 0.3) is 0 Å². The van der Waals surface area contributed by atoms with Crippen molar-refractivity contribution < 1.29 is 5.11 Å². The Balaban J connectivity index is 2.16. The van der Waals surface area contributed by atoms with Crippen LogP contribution in [-0.4, -0.2) is 34.8 Å². The topological polar surface area (TPSA) is 49.2 Å². The molecule has 4 nitrogen and oxygen atoms in total. The van der Waals surface area contributed by atoms with Crippen LogP contribution in [0.3, 0.4) is 0 Å². The molecule has 0 aromatic carbocycles. The zero-order chi connectivity index (χ0) is 10.8. The third kappa shape index (κ3) is 2.26. The van der Waals surface area contributed by atoms with Crippen molar-refractivity contribution in [2.45, 2.75) is 20.3 Å². The standard InChI is InChI=1S/C11H17N3O/c1-8-5-9(2)13-11(12-8)14-4-3-10(6-14)7-15/h5,10,15H,3-4,6-7H2,1-2H3/t10-/m0/s1. The van der Waals surface area contributed by atoms with E-state index in [1.165, 1.54) is 0 Å². The summed E-state index contributed by atoms with van der Waals surface area (Å²) in [6, 6.07) is 1.98. The van der Waals surface area contributed by atoms with Crippen LogP contribution in [0, 0.1) is 19.8 Å². The smallest absolute Gasteiger partial charge is 0.225 e. The highest BCUT2D eigenvalue weighted by Gasteiger charge is 2.23. The molecular formula is C11H17N3O. The Morgan fingerprint density at radius 3 is 2.60 bits per heavy atom. The number of nitrogens with zero attached hydrogens (tertiary/aromatic N) is 3. The van der Waals surface area contributed by atoms with Crippen molar-refractivity contribution in [2.24, 2.45) is 5.92 Å². The van der Waals surface area contributed by atoms with E-state index in [1.807, 2.05) is 19.9 Å².